The number of aromatic nitrogens is 3. The number of hydrogen-bond donors (Lipinski definition) is 2. The molecule has 2 heterocycles. The molecule has 0 saturated heterocycles. The van der Waals surface area contributed by atoms with E-state index in [0.717, 1.165) is 27.8 Å². The normalized spacial score (nSPS) is 10.5. The second kappa shape index (κ2) is 4.55. The fourth-order valence-electron chi connectivity index (χ4n) is 1.38. The first-order valence-electron chi connectivity index (χ1n) is 4.66. The van der Waals surface area contributed by atoms with Crippen molar-refractivity contribution in [1.29, 1.82) is 0 Å². The fraction of sp³-hybridized carbons (Fsp3) is 0.200. The Morgan fingerprint density at radius 2 is 2.07 bits per heavy atom. The van der Waals surface area contributed by atoms with Crippen LogP contribution in [0.1, 0.15) is 5.69 Å². The molecule has 0 saturated carbocycles. The second-order valence-electron chi connectivity index (χ2n) is 3.14. The van der Waals surface area contributed by atoms with Crippen molar-refractivity contribution in [2.45, 2.75) is 6.42 Å². The van der Waals surface area contributed by atoms with Crippen LogP contribution in [0.5, 0.6) is 0 Å². The van der Waals surface area contributed by atoms with Crippen molar-refractivity contribution in [3.05, 3.63) is 34.7 Å². The van der Waals surface area contributed by atoms with Gasteiger partial charge in [-0.05, 0) is 34.6 Å². The summed E-state index contributed by atoms with van der Waals surface area (Å²) in [6.45, 7) is 0.608. The van der Waals surface area contributed by atoms with Crippen molar-refractivity contribution < 1.29 is 0 Å². The van der Waals surface area contributed by atoms with E-state index in [4.69, 9.17) is 5.73 Å². The summed E-state index contributed by atoms with van der Waals surface area (Å²) in [5, 5.41) is 7.23. The van der Waals surface area contributed by atoms with Crippen LogP contribution in [-0.2, 0) is 6.42 Å². The summed E-state index contributed by atoms with van der Waals surface area (Å²) in [6, 6.07) is 3.85. The van der Waals surface area contributed by atoms with Gasteiger partial charge in [0.15, 0.2) is 0 Å². The average molecular weight is 267 g/mol. The average Bonchev–Trinajstić information content (AvgIpc) is 2.63. The van der Waals surface area contributed by atoms with Gasteiger partial charge >= 0.3 is 0 Å². The number of nitrogens with zero attached hydrogens (tertiary/aromatic N) is 2. The predicted molar refractivity (Wildman–Crippen MR) is 62.3 cm³/mol. The number of aromatic amines is 1. The van der Waals surface area contributed by atoms with Crippen molar-refractivity contribution in [2.75, 3.05) is 6.54 Å². The summed E-state index contributed by atoms with van der Waals surface area (Å²) in [6.07, 6.45) is 4.29. The lowest BCUT2D eigenvalue weighted by molar-refractivity contribution is 0.898. The van der Waals surface area contributed by atoms with Gasteiger partial charge in [-0.3, -0.25) is 10.1 Å². The molecule has 2 rings (SSSR count). The van der Waals surface area contributed by atoms with Crippen LogP contribution in [0.4, 0.5) is 0 Å². The maximum atomic E-state index is 5.50. The Morgan fingerprint density at radius 3 is 2.73 bits per heavy atom. The largest absolute Gasteiger partial charge is 0.330 e. The third-order valence-corrected chi connectivity index (χ3v) is 2.98. The molecule has 0 unspecified atom stereocenters. The van der Waals surface area contributed by atoms with Crippen molar-refractivity contribution in [2.24, 2.45) is 5.73 Å². The molecule has 0 atom stereocenters. The molecular formula is C10H11BrN4. The second-order valence-corrected chi connectivity index (χ2v) is 3.93. The van der Waals surface area contributed by atoms with E-state index in [9.17, 15) is 0 Å². The van der Waals surface area contributed by atoms with Crippen LogP contribution >= 0.6 is 15.9 Å². The molecule has 0 aliphatic heterocycles. The van der Waals surface area contributed by atoms with Crippen LogP contribution in [-0.4, -0.2) is 21.7 Å². The minimum Gasteiger partial charge on any atom is -0.330 e. The van der Waals surface area contributed by atoms with Gasteiger partial charge in [0, 0.05) is 24.4 Å². The highest BCUT2D eigenvalue weighted by atomic mass is 79.9. The smallest absolute Gasteiger partial charge is 0.107 e. The Labute approximate surface area is 96.0 Å². The van der Waals surface area contributed by atoms with E-state index in [1.807, 2.05) is 12.1 Å². The zero-order valence-electron chi connectivity index (χ0n) is 8.07. The minimum atomic E-state index is 0.608. The van der Waals surface area contributed by atoms with Gasteiger partial charge in [-0.25, -0.2) is 0 Å². The van der Waals surface area contributed by atoms with E-state index >= 15 is 0 Å². The third kappa shape index (κ3) is 2.08. The van der Waals surface area contributed by atoms with Crippen molar-refractivity contribution in [1.82, 2.24) is 15.2 Å². The lowest BCUT2D eigenvalue weighted by Crippen LogP contribution is -2.03. The first kappa shape index (κ1) is 10.3. The van der Waals surface area contributed by atoms with Crippen LogP contribution in [0.15, 0.2) is 29.0 Å². The molecule has 0 aliphatic rings. The highest BCUT2D eigenvalue weighted by molar-refractivity contribution is 9.10. The molecule has 0 aromatic carbocycles. The van der Waals surface area contributed by atoms with Gasteiger partial charge in [-0.1, -0.05) is 0 Å². The van der Waals surface area contributed by atoms with Gasteiger partial charge in [-0.15, -0.1) is 0 Å². The molecule has 0 amide bonds. The van der Waals surface area contributed by atoms with Crippen LogP contribution in [0.2, 0.25) is 0 Å². The molecule has 0 fully saturated rings. The zero-order valence-corrected chi connectivity index (χ0v) is 9.66. The van der Waals surface area contributed by atoms with Gasteiger partial charge in [0.25, 0.3) is 0 Å². The van der Waals surface area contributed by atoms with E-state index in [1.165, 1.54) is 0 Å². The molecule has 4 nitrogen and oxygen atoms in total. The van der Waals surface area contributed by atoms with E-state index in [-0.39, 0.29) is 0 Å². The predicted octanol–water partition coefficient (Wildman–Crippen LogP) is 1.74. The highest BCUT2D eigenvalue weighted by Gasteiger charge is 2.11. The van der Waals surface area contributed by atoms with E-state index in [1.54, 1.807) is 12.4 Å². The summed E-state index contributed by atoms with van der Waals surface area (Å²) < 4.78 is 0.985. The summed E-state index contributed by atoms with van der Waals surface area (Å²) in [4.78, 5) is 3.97. The number of H-pyrrole nitrogens is 1. The summed E-state index contributed by atoms with van der Waals surface area (Å²) in [5.41, 5.74) is 8.47. The Hall–Kier alpha value is -1.20. The molecule has 3 N–H and O–H groups in total. The Morgan fingerprint density at radius 1 is 1.33 bits per heavy atom. The maximum absolute atomic E-state index is 5.50. The van der Waals surface area contributed by atoms with E-state index < -0.39 is 0 Å². The molecule has 15 heavy (non-hydrogen) atoms. The number of nitrogens with two attached hydrogens (primary N) is 1. The van der Waals surface area contributed by atoms with E-state index in [0.29, 0.717) is 6.54 Å². The molecule has 0 aliphatic carbocycles. The number of halogens is 1. The number of pyridine rings is 1. The van der Waals surface area contributed by atoms with Gasteiger partial charge in [-0.2, -0.15) is 5.10 Å². The molecule has 78 valence electrons. The molecule has 0 radical (unpaired) electrons. The Kier molecular flexibility index (Phi) is 3.13. The van der Waals surface area contributed by atoms with Crippen molar-refractivity contribution in [3.63, 3.8) is 0 Å². The van der Waals surface area contributed by atoms with Crippen molar-refractivity contribution >= 4 is 15.9 Å². The van der Waals surface area contributed by atoms with E-state index in [2.05, 4.69) is 31.1 Å². The van der Waals surface area contributed by atoms with Crippen LogP contribution in [0, 0.1) is 0 Å². The minimum absolute atomic E-state index is 0.608. The maximum Gasteiger partial charge on any atom is 0.107 e. The molecule has 0 bridgehead atoms. The monoisotopic (exact) mass is 266 g/mol. The first-order valence-corrected chi connectivity index (χ1v) is 5.45. The molecule has 2 aromatic heterocycles. The number of hydrogen-bond acceptors (Lipinski definition) is 3. The first-order chi connectivity index (χ1) is 7.33. The number of rotatable bonds is 3. The summed E-state index contributed by atoms with van der Waals surface area (Å²) >= 11 is 3.52. The van der Waals surface area contributed by atoms with Gasteiger partial charge < -0.3 is 5.73 Å². The van der Waals surface area contributed by atoms with Crippen LogP contribution < -0.4 is 5.73 Å². The van der Waals surface area contributed by atoms with Crippen molar-refractivity contribution in [3.8, 4) is 11.3 Å². The van der Waals surface area contributed by atoms with Gasteiger partial charge in [0.2, 0.25) is 0 Å². The molecule has 5 heteroatoms. The lowest BCUT2D eigenvalue weighted by atomic mass is 10.2. The number of nitrogens with one attached hydrogen (secondary N) is 1. The Balaban J connectivity index is 2.38. The van der Waals surface area contributed by atoms with Gasteiger partial charge in [0.05, 0.1) is 10.2 Å². The topological polar surface area (TPSA) is 67.6 Å². The standard InChI is InChI=1S/C10H11BrN4/c11-9-8(1-4-12)14-15-10(9)7-2-5-13-6-3-7/h2-3,5-6H,1,4,12H2,(H,14,15). The van der Waals surface area contributed by atoms with Crippen LogP contribution in [0.25, 0.3) is 11.3 Å². The molecule has 2 aromatic rings. The zero-order chi connectivity index (χ0) is 10.7. The SMILES string of the molecule is NCCc1[nH]nc(-c2ccncc2)c1Br. The fourth-order valence-corrected chi connectivity index (χ4v) is 1.98. The quantitative estimate of drug-likeness (QED) is 0.890. The lowest BCUT2D eigenvalue weighted by Gasteiger charge is -1.97. The summed E-state index contributed by atoms with van der Waals surface area (Å²) in [5.74, 6) is 0. The van der Waals surface area contributed by atoms with Crippen LogP contribution in [0.3, 0.4) is 0 Å². The molecule has 0 spiro atoms. The summed E-state index contributed by atoms with van der Waals surface area (Å²) in [7, 11) is 0. The Bertz CT molecular complexity index is 438. The van der Waals surface area contributed by atoms with Gasteiger partial charge in [0.1, 0.15) is 5.69 Å². The third-order valence-electron chi connectivity index (χ3n) is 2.12. The molecular weight excluding hydrogens is 256 g/mol. The highest BCUT2D eigenvalue weighted by Crippen LogP contribution is 2.28.